The summed E-state index contributed by atoms with van der Waals surface area (Å²) in [6, 6.07) is 7.81. The van der Waals surface area contributed by atoms with Gasteiger partial charge in [0.05, 0.1) is 16.7 Å². The summed E-state index contributed by atoms with van der Waals surface area (Å²) in [5.41, 5.74) is -0.823. The van der Waals surface area contributed by atoms with Crippen LogP contribution in [0.5, 0.6) is 0 Å². The number of nitrogens with one attached hydrogen (secondary N) is 1. The van der Waals surface area contributed by atoms with Gasteiger partial charge in [0, 0.05) is 11.1 Å². The first kappa shape index (κ1) is 24.6. The summed E-state index contributed by atoms with van der Waals surface area (Å²) in [4.78, 5) is 26.8. The van der Waals surface area contributed by atoms with Crippen LogP contribution in [-0.4, -0.2) is 22.4 Å². The zero-order valence-corrected chi connectivity index (χ0v) is 19.1. The van der Waals surface area contributed by atoms with E-state index in [0.29, 0.717) is 43.1 Å². The SMILES string of the molecule is O=C(NN(C(=O)c1cccc(C(F)(F)F)c1)C12CC3CC(CC(C3)C1)C2)c1cccc(C(F)(F)F)c1. The Balaban J connectivity index is 1.51. The molecule has 0 aromatic heterocycles. The maximum atomic E-state index is 13.7. The van der Waals surface area contributed by atoms with Crippen LogP contribution in [0, 0.1) is 17.8 Å². The number of hydrazine groups is 1. The van der Waals surface area contributed by atoms with E-state index < -0.39 is 40.8 Å². The molecule has 192 valence electrons. The molecule has 0 heterocycles. The fourth-order valence-corrected chi connectivity index (χ4v) is 6.68. The van der Waals surface area contributed by atoms with Gasteiger partial charge in [0.25, 0.3) is 11.8 Å². The molecule has 4 nitrogen and oxygen atoms in total. The van der Waals surface area contributed by atoms with Crippen LogP contribution in [0.3, 0.4) is 0 Å². The molecule has 36 heavy (non-hydrogen) atoms. The van der Waals surface area contributed by atoms with Crippen molar-refractivity contribution in [1.29, 1.82) is 0 Å². The Morgan fingerprint density at radius 1 is 0.750 bits per heavy atom. The highest BCUT2D eigenvalue weighted by molar-refractivity contribution is 5.99. The first-order valence-electron chi connectivity index (χ1n) is 11.8. The van der Waals surface area contributed by atoms with Gasteiger partial charge in [0.15, 0.2) is 0 Å². The molecule has 2 aromatic rings. The van der Waals surface area contributed by atoms with Crippen molar-refractivity contribution in [2.45, 2.75) is 56.4 Å². The minimum Gasteiger partial charge on any atom is -0.267 e. The minimum atomic E-state index is -4.66. The van der Waals surface area contributed by atoms with Crippen molar-refractivity contribution >= 4 is 11.8 Å². The number of halogens is 6. The third-order valence-corrected chi connectivity index (χ3v) is 7.79. The van der Waals surface area contributed by atoms with Gasteiger partial charge >= 0.3 is 12.4 Å². The average molecular weight is 510 g/mol. The van der Waals surface area contributed by atoms with E-state index in [1.807, 2.05) is 0 Å². The predicted molar refractivity (Wildman–Crippen MR) is 117 cm³/mol. The second kappa shape index (κ2) is 8.52. The second-order valence-electron chi connectivity index (χ2n) is 10.4. The summed E-state index contributed by atoms with van der Waals surface area (Å²) in [6.07, 6.45) is -4.54. The number of carbonyl (C=O) groups is 2. The Bertz CT molecular complexity index is 1150. The number of carbonyl (C=O) groups excluding carboxylic acids is 2. The Hall–Kier alpha value is -3.04. The average Bonchev–Trinajstić information content (AvgIpc) is 2.80. The lowest BCUT2D eigenvalue weighted by Gasteiger charge is -2.59. The third kappa shape index (κ3) is 4.57. The molecule has 4 saturated carbocycles. The number of amides is 2. The van der Waals surface area contributed by atoms with E-state index in [1.54, 1.807) is 0 Å². The maximum Gasteiger partial charge on any atom is 0.416 e. The van der Waals surface area contributed by atoms with Crippen molar-refractivity contribution in [2.75, 3.05) is 0 Å². The molecule has 0 spiro atoms. The van der Waals surface area contributed by atoms with Gasteiger partial charge < -0.3 is 0 Å². The summed E-state index contributed by atoms with van der Waals surface area (Å²) in [5, 5.41) is 1.13. The zero-order valence-electron chi connectivity index (χ0n) is 19.1. The van der Waals surface area contributed by atoms with Crippen LogP contribution in [0.15, 0.2) is 48.5 Å². The number of benzene rings is 2. The van der Waals surface area contributed by atoms with E-state index >= 15 is 0 Å². The standard InChI is InChI=1S/C26H24F6N2O2/c27-25(28,29)20-5-1-3-18(10-20)22(35)33-34(23(36)19-4-2-6-21(11-19)26(30,31)32)24-12-15-7-16(13-24)9-17(8-15)14-24/h1-6,10-11,15-17H,7-9,12-14H2,(H,33,35). The van der Waals surface area contributed by atoms with Gasteiger partial charge in [0.2, 0.25) is 0 Å². The van der Waals surface area contributed by atoms with Crippen molar-refractivity contribution in [2.24, 2.45) is 17.8 Å². The molecule has 2 amide bonds. The lowest BCUT2D eigenvalue weighted by atomic mass is 9.52. The largest absolute Gasteiger partial charge is 0.416 e. The highest BCUT2D eigenvalue weighted by Crippen LogP contribution is 2.57. The smallest absolute Gasteiger partial charge is 0.267 e. The summed E-state index contributed by atoms with van der Waals surface area (Å²) >= 11 is 0. The minimum absolute atomic E-state index is 0.245. The fourth-order valence-electron chi connectivity index (χ4n) is 6.68. The first-order chi connectivity index (χ1) is 16.8. The quantitative estimate of drug-likeness (QED) is 0.380. The number of hydrogen-bond donors (Lipinski definition) is 1. The highest BCUT2D eigenvalue weighted by atomic mass is 19.4. The molecule has 2 aromatic carbocycles. The lowest BCUT2D eigenvalue weighted by molar-refractivity contribution is -0.138. The van der Waals surface area contributed by atoms with Crippen molar-refractivity contribution < 1.29 is 35.9 Å². The number of rotatable bonds is 3. The lowest BCUT2D eigenvalue weighted by Crippen LogP contribution is -2.66. The Labute approximate surface area is 203 Å². The third-order valence-electron chi connectivity index (χ3n) is 7.79. The number of nitrogens with zero attached hydrogens (tertiary/aromatic N) is 1. The molecule has 0 aliphatic heterocycles. The van der Waals surface area contributed by atoms with E-state index in [4.69, 9.17) is 0 Å². The molecule has 4 bridgehead atoms. The van der Waals surface area contributed by atoms with Gasteiger partial charge in [-0.15, -0.1) is 0 Å². The molecular formula is C26H24F6N2O2. The van der Waals surface area contributed by atoms with Gasteiger partial charge in [0.1, 0.15) is 0 Å². The molecule has 0 radical (unpaired) electrons. The van der Waals surface area contributed by atoms with E-state index in [1.165, 1.54) is 12.1 Å². The fraction of sp³-hybridized carbons (Fsp3) is 0.462. The topological polar surface area (TPSA) is 49.4 Å². The molecule has 0 saturated heterocycles. The summed E-state index contributed by atoms with van der Waals surface area (Å²) in [5.74, 6) is -0.726. The normalized spacial score (nSPS) is 27.1. The van der Waals surface area contributed by atoms with E-state index in [9.17, 15) is 35.9 Å². The molecule has 4 fully saturated rings. The molecule has 0 atom stereocenters. The van der Waals surface area contributed by atoms with Gasteiger partial charge in [-0.3, -0.25) is 15.0 Å². The first-order valence-corrected chi connectivity index (χ1v) is 11.8. The molecule has 1 N–H and O–H groups in total. The molecule has 10 heteroatoms. The Morgan fingerprint density at radius 2 is 1.19 bits per heavy atom. The van der Waals surface area contributed by atoms with Crippen molar-refractivity contribution in [3.63, 3.8) is 0 Å². The van der Waals surface area contributed by atoms with Gasteiger partial charge in [-0.05, 0) is 92.7 Å². The van der Waals surface area contributed by atoms with E-state index in [-0.39, 0.29) is 11.1 Å². The second-order valence-corrected chi connectivity index (χ2v) is 10.4. The van der Waals surface area contributed by atoms with Crippen LogP contribution in [0.1, 0.15) is 70.4 Å². The van der Waals surface area contributed by atoms with Crippen LogP contribution in [0.25, 0.3) is 0 Å². The molecule has 4 aliphatic rings. The van der Waals surface area contributed by atoms with Crippen molar-refractivity contribution in [3.8, 4) is 0 Å². The molecule has 6 rings (SSSR count). The summed E-state index contributed by atoms with van der Waals surface area (Å²) in [6.45, 7) is 0. The van der Waals surface area contributed by atoms with Crippen LogP contribution in [0.2, 0.25) is 0 Å². The van der Waals surface area contributed by atoms with Crippen molar-refractivity contribution in [3.05, 3.63) is 70.8 Å². The highest BCUT2D eigenvalue weighted by Gasteiger charge is 2.55. The maximum absolute atomic E-state index is 13.7. The van der Waals surface area contributed by atoms with E-state index in [2.05, 4.69) is 5.43 Å². The number of hydrogen-bond acceptors (Lipinski definition) is 2. The van der Waals surface area contributed by atoms with Crippen LogP contribution in [0.4, 0.5) is 26.3 Å². The Morgan fingerprint density at radius 3 is 1.67 bits per heavy atom. The summed E-state index contributed by atoms with van der Waals surface area (Å²) < 4.78 is 79.6. The van der Waals surface area contributed by atoms with Crippen LogP contribution < -0.4 is 5.43 Å². The molecule has 0 unspecified atom stereocenters. The zero-order chi connectivity index (χ0) is 25.9. The van der Waals surface area contributed by atoms with E-state index in [0.717, 1.165) is 54.6 Å². The van der Waals surface area contributed by atoms with Gasteiger partial charge in [-0.1, -0.05) is 12.1 Å². The van der Waals surface area contributed by atoms with Gasteiger partial charge in [-0.25, -0.2) is 5.01 Å². The Kier molecular flexibility index (Phi) is 5.83. The number of alkyl halides is 6. The van der Waals surface area contributed by atoms with Gasteiger partial charge in [-0.2, -0.15) is 26.3 Å². The van der Waals surface area contributed by atoms with Crippen molar-refractivity contribution in [1.82, 2.24) is 10.4 Å². The molecular weight excluding hydrogens is 486 g/mol. The molecule has 4 aliphatic carbocycles. The predicted octanol–water partition coefficient (Wildman–Crippen LogP) is 6.48. The summed E-state index contributed by atoms with van der Waals surface area (Å²) in [7, 11) is 0. The monoisotopic (exact) mass is 510 g/mol. The van der Waals surface area contributed by atoms with Crippen LogP contribution >= 0.6 is 0 Å². The van der Waals surface area contributed by atoms with Crippen LogP contribution in [-0.2, 0) is 12.4 Å².